The molecule has 2 N–H and O–H groups in total. The predicted octanol–water partition coefficient (Wildman–Crippen LogP) is 3.54. The Morgan fingerprint density at radius 1 is 1.23 bits per heavy atom. The summed E-state index contributed by atoms with van der Waals surface area (Å²) in [6, 6.07) is 6.47. The van der Waals surface area contributed by atoms with Gasteiger partial charge < -0.3 is 9.72 Å². The third kappa shape index (κ3) is 4.39. The van der Waals surface area contributed by atoms with Crippen molar-refractivity contribution in [2.24, 2.45) is 0 Å². The number of aromatic amines is 1. The second-order valence-corrected chi connectivity index (χ2v) is 8.05. The summed E-state index contributed by atoms with van der Waals surface area (Å²) in [7, 11) is -3.42. The highest BCUT2D eigenvalue weighted by atomic mass is 32.2. The number of nitro groups is 1. The average molecular weight is 443 g/mol. The van der Waals surface area contributed by atoms with Gasteiger partial charge in [-0.25, -0.2) is 8.42 Å². The number of ether oxygens (including phenoxy) is 1. The quantitative estimate of drug-likeness (QED) is 0.428. The summed E-state index contributed by atoms with van der Waals surface area (Å²) < 4.78 is 72.8. The Hall–Kier alpha value is -3.12. The van der Waals surface area contributed by atoms with Gasteiger partial charge in [0.15, 0.2) is 4.90 Å². The van der Waals surface area contributed by atoms with Gasteiger partial charge in [-0.15, -0.1) is 0 Å². The highest BCUT2D eigenvalue weighted by molar-refractivity contribution is 7.89. The monoisotopic (exact) mass is 443 g/mol. The zero-order valence-corrected chi connectivity index (χ0v) is 16.3. The van der Waals surface area contributed by atoms with E-state index in [-0.39, 0.29) is 5.56 Å². The standard InChI is InChI=1S/C18H16F3N3O5S/c1-29-12-6-7-14-13(9-12)11(10-22-14)8-17(18(19,20)21)23-30(27,28)16-5-3-2-4-15(16)24(25)26/h2-7,9-10,17,22-23H,8H2,1H3. The van der Waals surface area contributed by atoms with Crippen LogP contribution in [0.15, 0.2) is 53.6 Å². The average Bonchev–Trinajstić information content (AvgIpc) is 3.08. The fourth-order valence-corrected chi connectivity index (χ4v) is 4.38. The molecule has 3 rings (SSSR count). The number of nitrogens with zero attached hydrogens (tertiary/aromatic N) is 1. The van der Waals surface area contributed by atoms with Gasteiger partial charge in [-0.3, -0.25) is 10.1 Å². The van der Waals surface area contributed by atoms with Crippen LogP contribution in [0.4, 0.5) is 18.9 Å². The lowest BCUT2D eigenvalue weighted by atomic mass is 10.1. The molecule has 0 spiro atoms. The number of methoxy groups -OCH3 is 1. The maximum absolute atomic E-state index is 13.7. The van der Waals surface area contributed by atoms with E-state index in [1.54, 1.807) is 16.9 Å². The topological polar surface area (TPSA) is 114 Å². The fraction of sp³-hybridized carbons (Fsp3) is 0.222. The maximum atomic E-state index is 13.7. The molecule has 0 saturated carbocycles. The van der Waals surface area contributed by atoms with Crippen molar-refractivity contribution in [3.63, 3.8) is 0 Å². The van der Waals surface area contributed by atoms with Crippen LogP contribution in [0.1, 0.15) is 5.56 Å². The van der Waals surface area contributed by atoms with Crippen molar-refractivity contribution in [1.29, 1.82) is 0 Å². The van der Waals surface area contributed by atoms with Crippen molar-refractivity contribution in [2.75, 3.05) is 7.11 Å². The highest BCUT2D eigenvalue weighted by Gasteiger charge is 2.43. The van der Waals surface area contributed by atoms with Crippen molar-refractivity contribution in [3.05, 3.63) is 64.3 Å². The number of rotatable bonds is 7. The Morgan fingerprint density at radius 2 is 1.93 bits per heavy atom. The molecule has 0 aliphatic carbocycles. The first-order valence-corrected chi connectivity index (χ1v) is 9.97. The summed E-state index contributed by atoms with van der Waals surface area (Å²) >= 11 is 0. The lowest BCUT2D eigenvalue weighted by Crippen LogP contribution is -2.46. The van der Waals surface area contributed by atoms with E-state index in [4.69, 9.17) is 4.74 Å². The minimum absolute atomic E-state index is 0.205. The van der Waals surface area contributed by atoms with Gasteiger partial charge in [-0.2, -0.15) is 17.9 Å². The number of hydrogen-bond acceptors (Lipinski definition) is 5. The van der Waals surface area contributed by atoms with E-state index in [1.807, 2.05) is 0 Å². The largest absolute Gasteiger partial charge is 0.497 e. The number of benzene rings is 2. The third-order valence-electron chi connectivity index (χ3n) is 4.44. The van der Waals surface area contributed by atoms with E-state index in [0.29, 0.717) is 16.7 Å². The summed E-state index contributed by atoms with van der Waals surface area (Å²) in [4.78, 5) is 12.1. The first-order valence-electron chi connectivity index (χ1n) is 8.49. The zero-order chi connectivity index (χ0) is 22.1. The number of alkyl halides is 3. The molecule has 0 amide bonds. The zero-order valence-electron chi connectivity index (χ0n) is 15.4. The van der Waals surface area contributed by atoms with Crippen molar-refractivity contribution >= 4 is 26.6 Å². The number of sulfonamides is 1. The van der Waals surface area contributed by atoms with Gasteiger partial charge >= 0.3 is 6.18 Å². The Balaban J connectivity index is 1.98. The molecular formula is C18H16F3N3O5S. The summed E-state index contributed by atoms with van der Waals surface area (Å²) in [5, 5.41) is 11.5. The summed E-state index contributed by atoms with van der Waals surface area (Å²) in [5.41, 5.74) is -0.0625. The van der Waals surface area contributed by atoms with Gasteiger partial charge in [0, 0.05) is 23.2 Å². The molecule has 160 valence electrons. The molecule has 30 heavy (non-hydrogen) atoms. The van der Waals surface area contributed by atoms with Gasteiger partial charge in [-0.1, -0.05) is 12.1 Å². The van der Waals surface area contributed by atoms with Crippen LogP contribution in [0.2, 0.25) is 0 Å². The van der Waals surface area contributed by atoms with Gasteiger partial charge in [0.05, 0.1) is 12.0 Å². The molecule has 0 radical (unpaired) electrons. The minimum atomic E-state index is -4.95. The molecule has 1 heterocycles. The predicted molar refractivity (Wildman–Crippen MR) is 102 cm³/mol. The number of para-hydroxylation sites is 1. The van der Waals surface area contributed by atoms with Crippen molar-refractivity contribution in [1.82, 2.24) is 9.71 Å². The first kappa shape index (κ1) is 21.6. The Kier molecular flexibility index (Phi) is 5.72. The van der Waals surface area contributed by atoms with Crippen LogP contribution in [-0.4, -0.2) is 37.7 Å². The Morgan fingerprint density at radius 3 is 2.57 bits per heavy atom. The lowest BCUT2D eigenvalue weighted by molar-refractivity contribution is -0.387. The minimum Gasteiger partial charge on any atom is -0.497 e. The number of H-pyrrole nitrogens is 1. The third-order valence-corrected chi connectivity index (χ3v) is 5.96. The smallest absolute Gasteiger partial charge is 0.405 e. The van der Waals surface area contributed by atoms with Crippen molar-refractivity contribution in [2.45, 2.75) is 23.5 Å². The Bertz CT molecular complexity index is 1190. The van der Waals surface area contributed by atoms with E-state index in [0.717, 1.165) is 12.1 Å². The maximum Gasteiger partial charge on any atom is 0.405 e. The number of hydrogen-bond donors (Lipinski definition) is 2. The molecule has 0 fully saturated rings. The molecule has 0 aliphatic heterocycles. The van der Waals surface area contributed by atoms with Crippen LogP contribution in [0.5, 0.6) is 5.75 Å². The molecule has 0 bridgehead atoms. The molecule has 0 saturated heterocycles. The number of fused-ring (bicyclic) bond motifs is 1. The molecule has 1 unspecified atom stereocenters. The van der Waals surface area contributed by atoms with Crippen LogP contribution in [-0.2, 0) is 16.4 Å². The number of aromatic nitrogens is 1. The summed E-state index contributed by atoms with van der Waals surface area (Å²) in [6.07, 6.45) is -4.32. The van der Waals surface area contributed by atoms with Crippen molar-refractivity contribution in [3.8, 4) is 5.75 Å². The van der Waals surface area contributed by atoms with Crippen LogP contribution in [0.25, 0.3) is 10.9 Å². The number of nitro benzene ring substituents is 1. The van der Waals surface area contributed by atoms with Crippen molar-refractivity contribution < 1.29 is 31.2 Å². The molecule has 12 heteroatoms. The highest BCUT2D eigenvalue weighted by Crippen LogP contribution is 2.31. The van der Waals surface area contributed by atoms with Gasteiger partial charge in [0.25, 0.3) is 5.69 Å². The van der Waals surface area contributed by atoms with E-state index in [2.05, 4.69) is 4.98 Å². The first-order chi connectivity index (χ1) is 14.0. The van der Waals surface area contributed by atoms with Gasteiger partial charge in [-0.05, 0) is 36.2 Å². The molecule has 2 aromatic carbocycles. The fourth-order valence-electron chi connectivity index (χ4n) is 2.98. The lowest BCUT2D eigenvalue weighted by Gasteiger charge is -2.21. The molecular weight excluding hydrogens is 427 g/mol. The summed E-state index contributed by atoms with van der Waals surface area (Å²) in [5.74, 6) is 0.424. The van der Waals surface area contributed by atoms with E-state index in [1.165, 1.54) is 31.5 Å². The van der Waals surface area contributed by atoms with Crippen LogP contribution in [0.3, 0.4) is 0 Å². The molecule has 1 atom stereocenters. The summed E-state index contributed by atoms with van der Waals surface area (Å²) in [6.45, 7) is 0. The van der Waals surface area contributed by atoms with Gasteiger partial charge in [0.2, 0.25) is 10.0 Å². The van der Waals surface area contributed by atoms with E-state index < -0.39 is 44.2 Å². The molecule has 1 aromatic heterocycles. The second-order valence-electron chi connectivity index (χ2n) is 6.37. The molecule has 0 aliphatic rings. The van der Waals surface area contributed by atoms with E-state index in [9.17, 15) is 31.7 Å². The normalized spacial score (nSPS) is 13.3. The molecule has 3 aromatic rings. The second kappa shape index (κ2) is 7.95. The van der Waals surface area contributed by atoms with Crippen LogP contribution >= 0.6 is 0 Å². The SMILES string of the molecule is COc1ccc2[nH]cc(CC(NS(=O)(=O)c3ccccc3[N+](=O)[O-])C(F)(F)F)c2c1. The van der Waals surface area contributed by atoms with Crippen LogP contribution < -0.4 is 9.46 Å². The van der Waals surface area contributed by atoms with E-state index >= 15 is 0 Å². The Labute approximate surface area is 168 Å². The number of nitrogens with one attached hydrogen (secondary N) is 2. The number of halogens is 3. The van der Waals surface area contributed by atoms with Crippen LogP contribution in [0, 0.1) is 10.1 Å². The van der Waals surface area contributed by atoms with Gasteiger partial charge in [0.1, 0.15) is 11.8 Å². The molecule has 8 nitrogen and oxygen atoms in total.